The van der Waals surface area contributed by atoms with Crippen LogP contribution in [0.3, 0.4) is 0 Å². The lowest BCUT2D eigenvalue weighted by Gasteiger charge is -2.32. The minimum Gasteiger partial charge on any atom is -0.414 e. The number of hydrogen-bond acceptors (Lipinski definition) is 2. The third-order valence-electron chi connectivity index (χ3n) is 2.50. The largest absolute Gasteiger partial charge is 0.414 e. The van der Waals surface area contributed by atoms with Crippen LogP contribution in [0.25, 0.3) is 0 Å². The highest BCUT2D eigenvalue weighted by atomic mass is 28.4. The van der Waals surface area contributed by atoms with Gasteiger partial charge in [-0.1, -0.05) is 27.7 Å². The fourth-order valence-corrected chi connectivity index (χ4v) is 3.02. The van der Waals surface area contributed by atoms with Gasteiger partial charge in [0.15, 0.2) is 8.32 Å². The van der Waals surface area contributed by atoms with Crippen LogP contribution in [0.1, 0.15) is 34.1 Å². The standard InChI is InChI=1S/C12H26O2Si/c1-8-11(13)10(4)12(9(2)3)14-15(5,6)7/h9-10,12H,8H2,1-7H3/t10-,12+/m0/s1. The van der Waals surface area contributed by atoms with Crippen LogP contribution in [0.4, 0.5) is 0 Å². The van der Waals surface area contributed by atoms with Crippen molar-refractivity contribution >= 4 is 14.1 Å². The molecule has 0 amide bonds. The second kappa shape index (κ2) is 5.80. The first-order valence-electron chi connectivity index (χ1n) is 5.89. The van der Waals surface area contributed by atoms with Gasteiger partial charge in [-0.2, -0.15) is 0 Å². The molecule has 0 spiro atoms. The molecule has 0 heterocycles. The SMILES string of the molecule is CCC(=O)[C@H](C)[C@H](O[Si](C)(C)C)C(C)C. The maximum atomic E-state index is 11.7. The summed E-state index contributed by atoms with van der Waals surface area (Å²) in [6, 6.07) is 0. The van der Waals surface area contributed by atoms with E-state index in [1.165, 1.54) is 0 Å². The fraction of sp³-hybridized carbons (Fsp3) is 0.917. The Morgan fingerprint density at radius 1 is 1.20 bits per heavy atom. The molecule has 0 fully saturated rings. The molecule has 0 aromatic heterocycles. The van der Waals surface area contributed by atoms with E-state index in [-0.39, 0.29) is 12.0 Å². The van der Waals surface area contributed by atoms with E-state index in [2.05, 4.69) is 33.5 Å². The van der Waals surface area contributed by atoms with Crippen molar-refractivity contribution in [3.8, 4) is 0 Å². The molecule has 90 valence electrons. The van der Waals surface area contributed by atoms with Crippen molar-refractivity contribution in [3.05, 3.63) is 0 Å². The third kappa shape index (κ3) is 5.47. The van der Waals surface area contributed by atoms with Crippen LogP contribution in [-0.2, 0) is 9.22 Å². The lowest BCUT2D eigenvalue weighted by molar-refractivity contribution is -0.125. The molecule has 0 aliphatic rings. The van der Waals surface area contributed by atoms with Crippen LogP contribution in [0.15, 0.2) is 0 Å². The van der Waals surface area contributed by atoms with E-state index in [1.54, 1.807) is 0 Å². The van der Waals surface area contributed by atoms with Crippen LogP contribution in [0, 0.1) is 11.8 Å². The highest BCUT2D eigenvalue weighted by Gasteiger charge is 2.30. The van der Waals surface area contributed by atoms with Gasteiger partial charge < -0.3 is 4.43 Å². The van der Waals surface area contributed by atoms with Crippen LogP contribution in [-0.4, -0.2) is 20.2 Å². The number of carbonyl (C=O) groups excluding carboxylic acids is 1. The Balaban J connectivity index is 4.60. The summed E-state index contributed by atoms with van der Waals surface area (Å²) < 4.78 is 6.10. The number of hydrogen-bond donors (Lipinski definition) is 0. The monoisotopic (exact) mass is 230 g/mol. The highest BCUT2D eigenvalue weighted by Crippen LogP contribution is 2.22. The van der Waals surface area contributed by atoms with Crippen molar-refractivity contribution in [1.29, 1.82) is 0 Å². The predicted molar refractivity (Wildman–Crippen MR) is 67.5 cm³/mol. The van der Waals surface area contributed by atoms with E-state index in [9.17, 15) is 4.79 Å². The molecule has 0 aromatic rings. The molecule has 0 saturated carbocycles. The van der Waals surface area contributed by atoms with Crippen LogP contribution in [0.2, 0.25) is 19.6 Å². The first-order chi connectivity index (χ1) is 6.69. The maximum Gasteiger partial charge on any atom is 0.184 e. The molecular weight excluding hydrogens is 204 g/mol. The number of carbonyl (C=O) groups is 1. The average molecular weight is 230 g/mol. The quantitative estimate of drug-likeness (QED) is 0.653. The summed E-state index contributed by atoms with van der Waals surface area (Å²) in [5, 5.41) is 0. The number of Topliss-reactive ketones (excluding diaryl/α,β-unsaturated/α-hetero) is 1. The average Bonchev–Trinajstić information content (AvgIpc) is 2.10. The molecule has 2 atom stereocenters. The molecule has 0 radical (unpaired) electrons. The summed E-state index contributed by atoms with van der Waals surface area (Å²) in [4.78, 5) is 11.7. The molecule has 0 rings (SSSR count). The van der Waals surface area contributed by atoms with Gasteiger partial charge in [0.25, 0.3) is 0 Å². The van der Waals surface area contributed by atoms with E-state index in [0.717, 1.165) is 0 Å². The molecule has 0 aliphatic carbocycles. The van der Waals surface area contributed by atoms with Gasteiger partial charge in [-0.15, -0.1) is 0 Å². The molecule has 0 saturated heterocycles. The van der Waals surface area contributed by atoms with Crippen molar-refractivity contribution in [2.45, 2.75) is 59.9 Å². The van der Waals surface area contributed by atoms with Crippen molar-refractivity contribution < 1.29 is 9.22 Å². The Labute approximate surface area is 95.5 Å². The fourth-order valence-electron chi connectivity index (χ4n) is 1.73. The highest BCUT2D eigenvalue weighted by molar-refractivity contribution is 6.69. The normalized spacial score (nSPS) is 16.5. The van der Waals surface area contributed by atoms with Crippen molar-refractivity contribution in [1.82, 2.24) is 0 Å². The minimum absolute atomic E-state index is 0.0294. The van der Waals surface area contributed by atoms with Crippen LogP contribution in [0.5, 0.6) is 0 Å². The summed E-state index contributed by atoms with van der Waals surface area (Å²) in [5.74, 6) is 0.746. The smallest absolute Gasteiger partial charge is 0.184 e. The summed E-state index contributed by atoms with van der Waals surface area (Å²) in [6.07, 6.45) is 0.698. The van der Waals surface area contributed by atoms with Crippen molar-refractivity contribution in [2.75, 3.05) is 0 Å². The Bertz CT molecular complexity index is 206. The van der Waals surface area contributed by atoms with E-state index >= 15 is 0 Å². The molecule has 15 heavy (non-hydrogen) atoms. The van der Waals surface area contributed by atoms with Gasteiger partial charge in [-0.05, 0) is 25.6 Å². The Morgan fingerprint density at radius 3 is 1.93 bits per heavy atom. The van der Waals surface area contributed by atoms with Crippen molar-refractivity contribution in [3.63, 3.8) is 0 Å². The third-order valence-corrected chi connectivity index (χ3v) is 3.48. The predicted octanol–water partition coefficient (Wildman–Crippen LogP) is 3.48. The zero-order chi connectivity index (χ0) is 12.2. The minimum atomic E-state index is -1.56. The molecule has 0 unspecified atom stereocenters. The van der Waals surface area contributed by atoms with Crippen molar-refractivity contribution in [2.24, 2.45) is 11.8 Å². The topological polar surface area (TPSA) is 26.3 Å². The van der Waals surface area contributed by atoms with Gasteiger partial charge in [0.05, 0.1) is 6.10 Å². The zero-order valence-electron chi connectivity index (χ0n) is 11.3. The van der Waals surface area contributed by atoms with Gasteiger partial charge in [-0.25, -0.2) is 0 Å². The van der Waals surface area contributed by atoms with E-state index in [0.29, 0.717) is 18.1 Å². The van der Waals surface area contributed by atoms with Gasteiger partial charge >= 0.3 is 0 Å². The van der Waals surface area contributed by atoms with Gasteiger partial charge in [0.1, 0.15) is 5.78 Å². The molecule has 0 bridgehead atoms. The Morgan fingerprint density at radius 2 is 1.67 bits per heavy atom. The molecular formula is C12H26O2Si. The van der Waals surface area contributed by atoms with Crippen LogP contribution < -0.4 is 0 Å². The number of ketones is 1. The maximum absolute atomic E-state index is 11.7. The summed E-state index contributed by atoms with van der Waals surface area (Å²) in [5.41, 5.74) is 0. The van der Waals surface area contributed by atoms with E-state index in [4.69, 9.17) is 4.43 Å². The molecule has 3 heteroatoms. The zero-order valence-corrected chi connectivity index (χ0v) is 12.3. The van der Waals surface area contributed by atoms with Crippen LogP contribution >= 0.6 is 0 Å². The van der Waals surface area contributed by atoms with E-state index < -0.39 is 8.32 Å². The van der Waals surface area contributed by atoms with Gasteiger partial charge in [0.2, 0.25) is 0 Å². The molecule has 0 aromatic carbocycles. The molecule has 0 N–H and O–H groups in total. The first kappa shape index (κ1) is 14.8. The van der Waals surface area contributed by atoms with E-state index in [1.807, 2.05) is 13.8 Å². The summed E-state index contributed by atoms with van der Waals surface area (Å²) in [6.45, 7) is 14.7. The first-order valence-corrected chi connectivity index (χ1v) is 9.30. The van der Waals surface area contributed by atoms with Gasteiger partial charge in [0, 0.05) is 12.3 Å². The summed E-state index contributed by atoms with van der Waals surface area (Å²) >= 11 is 0. The summed E-state index contributed by atoms with van der Waals surface area (Å²) in [7, 11) is -1.56. The lowest BCUT2D eigenvalue weighted by Crippen LogP contribution is -2.41. The molecule has 0 aliphatic heterocycles. The molecule has 2 nitrogen and oxygen atoms in total. The number of rotatable bonds is 6. The van der Waals surface area contributed by atoms with Gasteiger partial charge in [-0.3, -0.25) is 4.79 Å². The second-order valence-electron chi connectivity index (χ2n) is 5.55. The Hall–Kier alpha value is -0.153. The lowest BCUT2D eigenvalue weighted by atomic mass is 9.90. The Kier molecular flexibility index (Phi) is 5.74. The second-order valence-corrected chi connectivity index (χ2v) is 10.0.